The summed E-state index contributed by atoms with van der Waals surface area (Å²) in [6, 6.07) is 1.97. The molecule has 2 aromatic heterocycles. The number of amides is 1. The molecule has 5 nitrogen and oxygen atoms in total. The Morgan fingerprint density at radius 1 is 1.38 bits per heavy atom. The van der Waals surface area contributed by atoms with Crippen molar-refractivity contribution in [2.45, 2.75) is 6.42 Å². The minimum atomic E-state index is -0.840. The van der Waals surface area contributed by atoms with Crippen molar-refractivity contribution in [1.82, 2.24) is 9.88 Å². The van der Waals surface area contributed by atoms with E-state index in [-0.39, 0.29) is 12.5 Å². The third-order valence-electron chi connectivity index (χ3n) is 3.33. The zero-order valence-corrected chi connectivity index (χ0v) is 14.0. The van der Waals surface area contributed by atoms with Gasteiger partial charge < -0.3 is 10.0 Å². The van der Waals surface area contributed by atoms with E-state index in [9.17, 15) is 9.59 Å². The van der Waals surface area contributed by atoms with Gasteiger partial charge in [0.1, 0.15) is 10.7 Å². The molecule has 2 aromatic rings. The summed E-state index contributed by atoms with van der Waals surface area (Å²) >= 11 is 6.38. The van der Waals surface area contributed by atoms with E-state index in [1.165, 1.54) is 11.3 Å². The lowest BCUT2D eigenvalue weighted by molar-refractivity contribution is -0.141. The highest BCUT2D eigenvalue weighted by Gasteiger charge is 2.32. The number of nitrogens with zero attached hydrogens (tertiary/aromatic N) is 2. The van der Waals surface area contributed by atoms with Gasteiger partial charge in [-0.1, -0.05) is 0 Å². The summed E-state index contributed by atoms with van der Waals surface area (Å²) in [5.41, 5.74) is 0.394. The maximum atomic E-state index is 12.3. The quantitative estimate of drug-likeness (QED) is 0.878. The fraction of sp³-hybridized carbons (Fsp3) is 0.308. The Bertz CT molecular complexity index is 697. The Labute approximate surface area is 137 Å². The van der Waals surface area contributed by atoms with Crippen LogP contribution in [0.15, 0.2) is 21.3 Å². The van der Waals surface area contributed by atoms with Crippen molar-refractivity contribution in [1.29, 1.82) is 0 Å². The van der Waals surface area contributed by atoms with Gasteiger partial charge in [-0.15, -0.1) is 22.7 Å². The zero-order valence-electron chi connectivity index (χ0n) is 10.8. The van der Waals surface area contributed by atoms with Gasteiger partial charge in [-0.3, -0.25) is 9.59 Å². The second-order valence-electron chi connectivity index (χ2n) is 4.74. The van der Waals surface area contributed by atoms with Gasteiger partial charge in [-0.25, -0.2) is 4.98 Å². The van der Waals surface area contributed by atoms with Crippen molar-refractivity contribution in [2.75, 3.05) is 13.1 Å². The molecule has 1 unspecified atom stereocenters. The van der Waals surface area contributed by atoms with Gasteiger partial charge in [0.25, 0.3) is 5.91 Å². The molecule has 0 saturated carbocycles. The fourth-order valence-corrected chi connectivity index (χ4v) is 4.52. The Hall–Kier alpha value is -1.25. The van der Waals surface area contributed by atoms with Crippen LogP contribution in [0.5, 0.6) is 0 Å². The molecule has 1 atom stereocenters. The molecule has 3 rings (SSSR count). The van der Waals surface area contributed by atoms with Crippen LogP contribution in [-0.2, 0) is 4.79 Å². The van der Waals surface area contributed by atoms with E-state index >= 15 is 0 Å². The number of halogens is 1. The van der Waals surface area contributed by atoms with Crippen LogP contribution in [0.25, 0.3) is 9.88 Å². The summed E-state index contributed by atoms with van der Waals surface area (Å²) in [5.74, 6) is -1.48. The molecular weight excluding hydrogens is 376 g/mol. The molecule has 1 aliphatic heterocycles. The van der Waals surface area contributed by atoms with E-state index in [1.54, 1.807) is 21.6 Å². The van der Waals surface area contributed by atoms with Gasteiger partial charge in [0.2, 0.25) is 0 Å². The lowest BCUT2D eigenvalue weighted by Gasteiger charge is -2.13. The number of carbonyl (C=O) groups is 2. The third kappa shape index (κ3) is 3.02. The Kier molecular flexibility index (Phi) is 4.10. The smallest absolute Gasteiger partial charge is 0.308 e. The Balaban J connectivity index is 1.74. The lowest BCUT2D eigenvalue weighted by Crippen LogP contribution is -2.30. The molecule has 110 valence electrons. The van der Waals surface area contributed by atoms with Crippen LogP contribution in [0.4, 0.5) is 0 Å². The molecule has 1 N–H and O–H groups in total. The first-order valence-corrected chi connectivity index (χ1v) is 8.82. The summed E-state index contributed by atoms with van der Waals surface area (Å²) in [5, 5.41) is 13.5. The molecule has 0 aromatic carbocycles. The van der Waals surface area contributed by atoms with E-state index in [1.807, 2.05) is 11.4 Å². The number of carboxylic acid groups (broad SMARTS) is 1. The highest BCUT2D eigenvalue weighted by molar-refractivity contribution is 9.10. The average molecular weight is 387 g/mol. The van der Waals surface area contributed by atoms with E-state index in [2.05, 4.69) is 20.9 Å². The van der Waals surface area contributed by atoms with Crippen LogP contribution in [0, 0.1) is 5.92 Å². The third-order valence-corrected chi connectivity index (χ3v) is 6.03. The Morgan fingerprint density at radius 3 is 2.81 bits per heavy atom. The summed E-state index contributed by atoms with van der Waals surface area (Å²) in [6.45, 7) is 0.749. The molecule has 1 amide bonds. The lowest BCUT2D eigenvalue weighted by atomic mass is 10.1. The molecule has 1 saturated heterocycles. The summed E-state index contributed by atoms with van der Waals surface area (Å²) in [6.07, 6.45) is 0.510. The van der Waals surface area contributed by atoms with E-state index < -0.39 is 11.9 Å². The molecule has 3 heterocycles. The van der Waals surface area contributed by atoms with Crippen molar-refractivity contribution < 1.29 is 14.7 Å². The highest BCUT2D eigenvalue weighted by Crippen LogP contribution is 2.32. The fourth-order valence-electron chi connectivity index (χ4n) is 2.22. The van der Waals surface area contributed by atoms with Crippen LogP contribution in [-0.4, -0.2) is 40.0 Å². The number of likely N-dealkylation sites (tertiary alicyclic amines) is 1. The first-order chi connectivity index (χ1) is 10.0. The summed E-state index contributed by atoms with van der Waals surface area (Å²) < 4.78 is 0.995. The molecule has 0 bridgehead atoms. The monoisotopic (exact) mass is 386 g/mol. The average Bonchev–Trinajstić information content (AvgIpc) is 3.17. The van der Waals surface area contributed by atoms with Crippen molar-refractivity contribution in [2.24, 2.45) is 5.92 Å². The number of carboxylic acids is 1. The largest absolute Gasteiger partial charge is 0.481 e. The minimum Gasteiger partial charge on any atom is -0.481 e. The highest BCUT2D eigenvalue weighted by atomic mass is 79.9. The van der Waals surface area contributed by atoms with Crippen molar-refractivity contribution in [3.8, 4) is 9.88 Å². The zero-order chi connectivity index (χ0) is 15.0. The number of thiophene rings is 1. The van der Waals surface area contributed by atoms with E-state index in [0.717, 1.165) is 14.4 Å². The molecule has 8 heteroatoms. The molecule has 0 aliphatic carbocycles. The van der Waals surface area contributed by atoms with Crippen molar-refractivity contribution >= 4 is 50.5 Å². The topological polar surface area (TPSA) is 70.5 Å². The summed E-state index contributed by atoms with van der Waals surface area (Å²) in [7, 11) is 0. The van der Waals surface area contributed by atoms with Crippen LogP contribution < -0.4 is 0 Å². The predicted molar refractivity (Wildman–Crippen MR) is 84.8 cm³/mol. The predicted octanol–water partition coefficient (Wildman–Crippen LogP) is 3.18. The van der Waals surface area contributed by atoms with Crippen LogP contribution in [0.1, 0.15) is 16.9 Å². The number of rotatable bonds is 3. The molecule has 0 radical (unpaired) electrons. The Morgan fingerprint density at radius 2 is 2.19 bits per heavy atom. The van der Waals surface area contributed by atoms with Crippen LogP contribution in [0.2, 0.25) is 0 Å². The van der Waals surface area contributed by atoms with Crippen LogP contribution in [0.3, 0.4) is 0 Å². The van der Waals surface area contributed by atoms with E-state index in [0.29, 0.717) is 18.7 Å². The number of hydrogen-bond acceptors (Lipinski definition) is 5. The number of thiazole rings is 1. The van der Waals surface area contributed by atoms with Gasteiger partial charge >= 0.3 is 5.97 Å². The SMILES string of the molecule is O=C(O)C1CCN(C(=O)c2csc(-c3cc(Br)cs3)n2)C1. The first-order valence-electron chi connectivity index (χ1n) is 6.26. The maximum Gasteiger partial charge on any atom is 0.308 e. The molecule has 0 spiro atoms. The van der Waals surface area contributed by atoms with Crippen molar-refractivity contribution in [3.05, 3.63) is 27.0 Å². The number of aromatic nitrogens is 1. The molecule has 1 fully saturated rings. The molecule has 1 aliphatic rings. The number of hydrogen-bond donors (Lipinski definition) is 1. The van der Waals surface area contributed by atoms with Gasteiger partial charge in [-0.2, -0.15) is 0 Å². The maximum absolute atomic E-state index is 12.3. The van der Waals surface area contributed by atoms with Gasteiger partial charge in [0.15, 0.2) is 0 Å². The second kappa shape index (κ2) is 5.86. The van der Waals surface area contributed by atoms with Gasteiger partial charge in [-0.05, 0) is 28.4 Å². The van der Waals surface area contributed by atoms with Crippen LogP contribution >= 0.6 is 38.6 Å². The molecular formula is C13H11BrN2O3S2. The van der Waals surface area contributed by atoms with Gasteiger partial charge in [0, 0.05) is 28.3 Å². The minimum absolute atomic E-state index is 0.183. The number of carbonyl (C=O) groups excluding carboxylic acids is 1. The van der Waals surface area contributed by atoms with E-state index in [4.69, 9.17) is 5.11 Å². The standard InChI is InChI=1S/C13H11BrN2O3S2/c14-8-3-10(20-5-8)11-15-9(6-21-11)12(17)16-2-1-7(4-16)13(18)19/h3,5-7H,1-2,4H2,(H,18,19). The first kappa shape index (κ1) is 14.7. The summed E-state index contributed by atoms with van der Waals surface area (Å²) in [4.78, 5) is 30.2. The normalized spacial score (nSPS) is 18.1. The van der Waals surface area contributed by atoms with Gasteiger partial charge in [0.05, 0.1) is 10.8 Å². The molecule has 21 heavy (non-hydrogen) atoms. The van der Waals surface area contributed by atoms with Crippen molar-refractivity contribution in [3.63, 3.8) is 0 Å². The second-order valence-corrected chi connectivity index (χ2v) is 7.43. The number of aliphatic carboxylic acids is 1.